The van der Waals surface area contributed by atoms with Crippen LogP contribution in [0.3, 0.4) is 0 Å². The van der Waals surface area contributed by atoms with E-state index in [2.05, 4.69) is 12.2 Å². The second-order valence-corrected chi connectivity index (χ2v) is 5.69. The molecule has 2 saturated carbocycles. The van der Waals surface area contributed by atoms with E-state index in [0.29, 0.717) is 17.8 Å². The van der Waals surface area contributed by atoms with Crippen LogP contribution in [-0.4, -0.2) is 17.8 Å². The van der Waals surface area contributed by atoms with E-state index in [9.17, 15) is 4.79 Å². The molecule has 0 aromatic heterocycles. The van der Waals surface area contributed by atoms with Gasteiger partial charge in [-0.25, -0.2) is 0 Å². The number of amides is 1. The Kier molecular flexibility index (Phi) is 3.55. The van der Waals surface area contributed by atoms with Gasteiger partial charge in [-0.15, -0.1) is 11.6 Å². The molecule has 86 valence electrons. The molecule has 2 fully saturated rings. The number of carbonyl (C=O) groups excluding carboxylic acids is 1. The maximum absolute atomic E-state index is 11.6. The smallest absolute Gasteiger partial charge is 0.223 e. The predicted octanol–water partition coefficient (Wildman–Crippen LogP) is 2.56. The van der Waals surface area contributed by atoms with E-state index in [1.54, 1.807) is 0 Å². The highest BCUT2D eigenvalue weighted by molar-refractivity contribution is 6.20. The molecule has 2 aliphatic carbocycles. The van der Waals surface area contributed by atoms with Crippen LogP contribution in [0, 0.1) is 17.8 Å². The van der Waals surface area contributed by atoms with Gasteiger partial charge in [0.1, 0.15) is 0 Å². The van der Waals surface area contributed by atoms with Crippen molar-refractivity contribution < 1.29 is 4.79 Å². The van der Waals surface area contributed by atoms with Gasteiger partial charge in [0.05, 0.1) is 0 Å². The van der Waals surface area contributed by atoms with Crippen LogP contribution >= 0.6 is 11.6 Å². The minimum absolute atomic E-state index is 0.247. The fourth-order valence-corrected chi connectivity index (χ4v) is 2.81. The lowest BCUT2D eigenvalue weighted by Gasteiger charge is -2.27. The topological polar surface area (TPSA) is 29.1 Å². The highest BCUT2D eigenvalue weighted by Crippen LogP contribution is 2.37. The second-order valence-electron chi connectivity index (χ2n) is 5.13. The highest BCUT2D eigenvalue weighted by atomic mass is 35.5. The first kappa shape index (κ1) is 11.3. The van der Waals surface area contributed by atoms with Crippen molar-refractivity contribution in [2.75, 3.05) is 6.54 Å². The monoisotopic (exact) mass is 229 g/mol. The van der Waals surface area contributed by atoms with Crippen molar-refractivity contribution >= 4 is 17.5 Å². The third-order valence-electron chi connectivity index (χ3n) is 3.80. The maximum atomic E-state index is 11.6. The van der Waals surface area contributed by atoms with E-state index in [1.165, 1.54) is 19.3 Å². The standard InChI is InChI=1S/C12H20ClNO/c1-8-6-10(8)12(15)14-7-9-4-2-3-5-11(9)13/h8-11H,2-7H2,1H3,(H,14,15). The molecule has 0 bridgehead atoms. The zero-order valence-corrected chi connectivity index (χ0v) is 10.1. The molecule has 15 heavy (non-hydrogen) atoms. The molecule has 2 rings (SSSR count). The Morgan fingerprint density at radius 2 is 2.07 bits per heavy atom. The summed E-state index contributed by atoms with van der Waals surface area (Å²) in [6.45, 7) is 2.92. The lowest BCUT2D eigenvalue weighted by molar-refractivity contribution is -0.122. The van der Waals surface area contributed by atoms with E-state index in [4.69, 9.17) is 11.6 Å². The number of rotatable bonds is 3. The lowest BCUT2D eigenvalue weighted by Crippen LogP contribution is -2.35. The minimum atomic E-state index is 0.247. The largest absolute Gasteiger partial charge is 0.356 e. The number of alkyl halides is 1. The molecule has 0 radical (unpaired) electrons. The summed E-state index contributed by atoms with van der Waals surface area (Å²) < 4.78 is 0. The van der Waals surface area contributed by atoms with E-state index < -0.39 is 0 Å². The molecular formula is C12H20ClNO. The van der Waals surface area contributed by atoms with Crippen molar-refractivity contribution in [1.82, 2.24) is 5.32 Å². The Morgan fingerprint density at radius 3 is 2.67 bits per heavy atom. The summed E-state index contributed by atoms with van der Waals surface area (Å²) in [7, 11) is 0. The van der Waals surface area contributed by atoms with Crippen molar-refractivity contribution in [3.8, 4) is 0 Å². The van der Waals surface area contributed by atoms with Crippen molar-refractivity contribution in [2.45, 2.75) is 44.4 Å². The van der Waals surface area contributed by atoms with E-state index >= 15 is 0 Å². The number of hydrogen-bond acceptors (Lipinski definition) is 1. The molecule has 2 nitrogen and oxygen atoms in total. The summed E-state index contributed by atoms with van der Waals surface area (Å²) in [5.41, 5.74) is 0. The molecule has 0 aromatic carbocycles. The number of nitrogens with one attached hydrogen (secondary N) is 1. The van der Waals surface area contributed by atoms with E-state index in [1.807, 2.05) is 0 Å². The van der Waals surface area contributed by atoms with Crippen LogP contribution in [0.1, 0.15) is 39.0 Å². The molecule has 3 heteroatoms. The Balaban J connectivity index is 1.70. The summed E-state index contributed by atoms with van der Waals surface area (Å²) in [6, 6.07) is 0. The molecule has 0 saturated heterocycles. The molecule has 0 aliphatic heterocycles. The van der Waals surface area contributed by atoms with Crippen LogP contribution in [0.25, 0.3) is 0 Å². The quantitative estimate of drug-likeness (QED) is 0.741. The fourth-order valence-electron chi connectivity index (χ4n) is 2.44. The summed E-state index contributed by atoms with van der Waals surface area (Å²) in [6.07, 6.45) is 5.87. The van der Waals surface area contributed by atoms with Crippen molar-refractivity contribution in [1.29, 1.82) is 0 Å². The molecule has 2 aliphatic rings. The average Bonchev–Trinajstić information content (AvgIpc) is 2.94. The average molecular weight is 230 g/mol. The van der Waals surface area contributed by atoms with Gasteiger partial charge in [0, 0.05) is 17.8 Å². The van der Waals surface area contributed by atoms with Crippen molar-refractivity contribution in [3.63, 3.8) is 0 Å². The first-order chi connectivity index (χ1) is 7.18. The van der Waals surface area contributed by atoms with Gasteiger partial charge in [-0.2, -0.15) is 0 Å². The number of hydrogen-bond donors (Lipinski definition) is 1. The Hall–Kier alpha value is -0.240. The van der Waals surface area contributed by atoms with Crippen LogP contribution in [-0.2, 0) is 4.79 Å². The van der Waals surface area contributed by atoms with Crippen LogP contribution in [0.15, 0.2) is 0 Å². The highest BCUT2D eigenvalue weighted by Gasteiger charge is 2.39. The third kappa shape index (κ3) is 2.87. The summed E-state index contributed by atoms with van der Waals surface area (Å²) in [4.78, 5) is 11.6. The molecule has 0 heterocycles. The molecule has 4 unspecified atom stereocenters. The Labute approximate surface area is 96.8 Å². The Morgan fingerprint density at radius 1 is 1.40 bits per heavy atom. The van der Waals surface area contributed by atoms with Gasteiger partial charge in [0.2, 0.25) is 5.91 Å². The van der Waals surface area contributed by atoms with Crippen molar-refractivity contribution in [2.24, 2.45) is 17.8 Å². The zero-order chi connectivity index (χ0) is 10.8. The predicted molar refractivity (Wildman–Crippen MR) is 61.9 cm³/mol. The molecule has 0 aromatic rings. The van der Waals surface area contributed by atoms with Crippen LogP contribution < -0.4 is 5.32 Å². The van der Waals surface area contributed by atoms with E-state index in [-0.39, 0.29) is 11.3 Å². The summed E-state index contributed by atoms with van der Waals surface area (Å²) >= 11 is 6.24. The summed E-state index contributed by atoms with van der Waals surface area (Å²) in [5, 5.41) is 3.33. The molecule has 0 spiro atoms. The molecule has 1 amide bonds. The molecule has 1 N–H and O–H groups in total. The van der Waals surface area contributed by atoms with Crippen LogP contribution in [0.5, 0.6) is 0 Å². The number of carbonyl (C=O) groups is 1. The van der Waals surface area contributed by atoms with Gasteiger partial charge in [0.15, 0.2) is 0 Å². The second kappa shape index (κ2) is 4.73. The van der Waals surface area contributed by atoms with Gasteiger partial charge in [-0.05, 0) is 31.1 Å². The van der Waals surface area contributed by atoms with Gasteiger partial charge >= 0.3 is 0 Å². The third-order valence-corrected chi connectivity index (χ3v) is 4.38. The van der Waals surface area contributed by atoms with E-state index in [0.717, 1.165) is 19.4 Å². The zero-order valence-electron chi connectivity index (χ0n) is 9.34. The summed E-state index contributed by atoms with van der Waals surface area (Å²) in [5.74, 6) is 1.64. The number of halogens is 1. The van der Waals surface area contributed by atoms with Crippen LogP contribution in [0.2, 0.25) is 0 Å². The minimum Gasteiger partial charge on any atom is -0.356 e. The maximum Gasteiger partial charge on any atom is 0.223 e. The normalized spacial score (nSPS) is 39.9. The SMILES string of the molecule is CC1CC1C(=O)NCC1CCCCC1Cl. The molecular weight excluding hydrogens is 210 g/mol. The van der Waals surface area contributed by atoms with Gasteiger partial charge in [-0.1, -0.05) is 19.8 Å². The van der Waals surface area contributed by atoms with Gasteiger partial charge in [-0.3, -0.25) is 4.79 Å². The fraction of sp³-hybridized carbons (Fsp3) is 0.917. The van der Waals surface area contributed by atoms with Gasteiger partial charge < -0.3 is 5.32 Å². The van der Waals surface area contributed by atoms with Crippen LogP contribution in [0.4, 0.5) is 0 Å². The molecule has 4 atom stereocenters. The van der Waals surface area contributed by atoms with Crippen molar-refractivity contribution in [3.05, 3.63) is 0 Å². The lowest BCUT2D eigenvalue weighted by atomic mass is 9.88. The van der Waals surface area contributed by atoms with Gasteiger partial charge in [0.25, 0.3) is 0 Å². The Bertz CT molecular complexity index is 244. The first-order valence-corrected chi connectivity index (χ1v) is 6.54. The first-order valence-electron chi connectivity index (χ1n) is 6.10.